The molecule has 5 nitrogen and oxygen atoms in total. The largest absolute Gasteiger partial charge is 0.399 e. The maximum atomic E-state index is 13.3. The fourth-order valence-electron chi connectivity index (χ4n) is 6.90. The van der Waals surface area contributed by atoms with Crippen LogP contribution in [0, 0.1) is 27.7 Å². The molecule has 234 valence electrons. The maximum absolute atomic E-state index is 13.3. The van der Waals surface area contributed by atoms with Crippen LogP contribution in [-0.4, -0.2) is 11.8 Å². The normalized spacial score (nSPS) is 14.6. The number of benzene rings is 4. The molecule has 0 atom stereocenters. The molecule has 5 rings (SSSR count). The molecule has 2 amide bonds. The molecule has 0 radical (unpaired) electrons. The number of rotatable bonds is 6. The molecule has 0 unspecified atom stereocenters. The first-order valence-corrected chi connectivity index (χ1v) is 16.1. The highest BCUT2D eigenvalue weighted by molar-refractivity contribution is 6.06. The highest BCUT2D eigenvalue weighted by Gasteiger charge is 2.37. The van der Waals surface area contributed by atoms with Crippen LogP contribution in [0.3, 0.4) is 0 Å². The molecule has 0 bridgehead atoms. The Morgan fingerprint density at radius 2 is 1.00 bits per heavy atom. The van der Waals surface area contributed by atoms with Crippen LogP contribution in [0.1, 0.15) is 113 Å². The summed E-state index contributed by atoms with van der Waals surface area (Å²) in [4.78, 5) is 26.3. The van der Waals surface area contributed by atoms with Gasteiger partial charge in [-0.05, 0) is 121 Å². The van der Waals surface area contributed by atoms with Gasteiger partial charge in [0, 0.05) is 33.6 Å². The molecular formula is C40H47N3O2. The summed E-state index contributed by atoms with van der Waals surface area (Å²) in [6.07, 6.45) is 5.68. The molecule has 1 fully saturated rings. The van der Waals surface area contributed by atoms with Gasteiger partial charge in [0.1, 0.15) is 0 Å². The second-order valence-corrected chi connectivity index (χ2v) is 14.0. The number of carbonyl (C=O) groups is 2. The topological polar surface area (TPSA) is 84.2 Å². The SMILES string of the molecule is Cc1cc(C2(c3cc(C)c(NC(=O)c4ccc(C(C)(C)C)cc4)c(C)c3)CCCCC2)cc(C)c1NC(=O)c1ccc(N)cc1. The number of nitrogen functional groups attached to an aromatic ring is 1. The van der Waals surface area contributed by atoms with Crippen molar-refractivity contribution in [1.82, 2.24) is 0 Å². The van der Waals surface area contributed by atoms with Gasteiger partial charge in [-0.3, -0.25) is 9.59 Å². The van der Waals surface area contributed by atoms with Crippen molar-refractivity contribution in [2.45, 2.75) is 91.4 Å². The number of nitrogens with two attached hydrogens (primary N) is 1. The third kappa shape index (κ3) is 6.68. The number of hydrogen-bond donors (Lipinski definition) is 3. The molecular weight excluding hydrogens is 554 g/mol. The van der Waals surface area contributed by atoms with E-state index in [2.05, 4.69) is 83.4 Å². The van der Waals surface area contributed by atoms with Crippen LogP contribution in [0.4, 0.5) is 17.1 Å². The summed E-state index contributed by atoms with van der Waals surface area (Å²) < 4.78 is 0. The van der Waals surface area contributed by atoms with Crippen molar-refractivity contribution >= 4 is 28.9 Å². The molecule has 0 spiro atoms. The van der Waals surface area contributed by atoms with E-state index in [0.717, 1.165) is 59.3 Å². The molecule has 5 heteroatoms. The van der Waals surface area contributed by atoms with Gasteiger partial charge < -0.3 is 16.4 Å². The van der Waals surface area contributed by atoms with Crippen molar-refractivity contribution in [3.05, 3.63) is 123 Å². The molecule has 1 saturated carbocycles. The lowest BCUT2D eigenvalue weighted by Crippen LogP contribution is -2.31. The van der Waals surface area contributed by atoms with Crippen LogP contribution < -0.4 is 16.4 Å². The van der Waals surface area contributed by atoms with E-state index in [9.17, 15) is 9.59 Å². The summed E-state index contributed by atoms with van der Waals surface area (Å²) in [5.74, 6) is -0.236. The van der Waals surface area contributed by atoms with Gasteiger partial charge in [0.15, 0.2) is 0 Å². The monoisotopic (exact) mass is 601 g/mol. The number of anilines is 3. The lowest BCUT2D eigenvalue weighted by Gasteiger charge is -2.40. The van der Waals surface area contributed by atoms with Crippen molar-refractivity contribution in [2.75, 3.05) is 16.4 Å². The summed E-state index contributed by atoms with van der Waals surface area (Å²) in [5, 5.41) is 6.35. The molecule has 4 N–H and O–H groups in total. The number of nitrogens with one attached hydrogen (secondary N) is 2. The van der Waals surface area contributed by atoms with Crippen LogP contribution in [0.15, 0.2) is 72.8 Å². The molecule has 4 aromatic rings. The second kappa shape index (κ2) is 12.5. The lowest BCUT2D eigenvalue weighted by atomic mass is 9.64. The van der Waals surface area contributed by atoms with Gasteiger partial charge in [-0.25, -0.2) is 0 Å². The standard InChI is InChI=1S/C40H47N3O2/c1-25-21-32(22-26(2)35(25)42-37(44)29-11-15-31(16-12-29)39(5,6)7)40(19-9-8-10-20-40)33-23-27(3)36(28(4)24-33)43-38(45)30-13-17-34(41)18-14-30/h11-18,21-24H,8-10,19-20,41H2,1-7H3,(H,42,44)(H,43,45). The Hall–Kier alpha value is -4.38. The molecule has 0 aliphatic heterocycles. The van der Waals surface area contributed by atoms with Crippen LogP contribution in [0.25, 0.3) is 0 Å². The highest BCUT2D eigenvalue weighted by atomic mass is 16.2. The van der Waals surface area contributed by atoms with E-state index in [1.165, 1.54) is 23.1 Å². The summed E-state index contributed by atoms with van der Waals surface area (Å²) >= 11 is 0. The Balaban J connectivity index is 1.45. The predicted molar refractivity (Wildman–Crippen MR) is 188 cm³/mol. The van der Waals surface area contributed by atoms with E-state index in [1.54, 1.807) is 24.3 Å². The van der Waals surface area contributed by atoms with E-state index in [4.69, 9.17) is 5.73 Å². The van der Waals surface area contributed by atoms with Gasteiger partial charge in [-0.2, -0.15) is 0 Å². The van der Waals surface area contributed by atoms with Gasteiger partial charge in [0.05, 0.1) is 0 Å². The highest BCUT2D eigenvalue weighted by Crippen LogP contribution is 2.47. The van der Waals surface area contributed by atoms with E-state index in [1.807, 2.05) is 24.3 Å². The summed E-state index contributed by atoms with van der Waals surface area (Å²) in [7, 11) is 0. The first-order chi connectivity index (χ1) is 21.3. The van der Waals surface area contributed by atoms with Crippen LogP contribution in [-0.2, 0) is 10.8 Å². The van der Waals surface area contributed by atoms with E-state index in [-0.39, 0.29) is 22.6 Å². The Morgan fingerprint density at radius 3 is 1.38 bits per heavy atom. The molecule has 0 aromatic heterocycles. The van der Waals surface area contributed by atoms with E-state index >= 15 is 0 Å². The third-order valence-corrected chi connectivity index (χ3v) is 9.54. The maximum Gasteiger partial charge on any atom is 0.255 e. The quantitative estimate of drug-likeness (QED) is 0.192. The van der Waals surface area contributed by atoms with E-state index in [0.29, 0.717) is 16.8 Å². The average Bonchev–Trinajstić information content (AvgIpc) is 3.00. The minimum absolute atomic E-state index is 0.0377. The number of carbonyl (C=O) groups excluding carboxylic acids is 2. The van der Waals surface area contributed by atoms with Gasteiger partial charge >= 0.3 is 0 Å². The van der Waals surface area contributed by atoms with Crippen molar-refractivity contribution in [1.29, 1.82) is 0 Å². The average molecular weight is 602 g/mol. The second-order valence-electron chi connectivity index (χ2n) is 14.0. The molecule has 4 aromatic carbocycles. The van der Waals surface area contributed by atoms with Crippen molar-refractivity contribution in [3.8, 4) is 0 Å². The molecule has 0 heterocycles. The first-order valence-electron chi connectivity index (χ1n) is 16.1. The molecule has 1 aliphatic rings. The zero-order valence-electron chi connectivity index (χ0n) is 27.9. The Labute approximate surface area is 268 Å². The van der Waals surface area contributed by atoms with Crippen molar-refractivity contribution in [3.63, 3.8) is 0 Å². The molecule has 1 aliphatic carbocycles. The van der Waals surface area contributed by atoms with Gasteiger partial charge in [-0.1, -0.05) is 76.4 Å². The minimum atomic E-state index is -0.143. The van der Waals surface area contributed by atoms with Crippen molar-refractivity contribution < 1.29 is 9.59 Å². The minimum Gasteiger partial charge on any atom is -0.399 e. The molecule has 45 heavy (non-hydrogen) atoms. The molecule has 0 saturated heterocycles. The zero-order valence-corrected chi connectivity index (χ0v) is 27.9. The lowest BCUT2D eigenvalue weighted by molar-refractivity contribution is 0.101. The fraction of sp³-hybridized carbons (Fsp3) is 0.350. The summed E-state index contributed by atoms with van der Waals surface area (Å²) in [6, 6.07) is 24.0. The van der Waals surface area contributed by atoms with Crippen molar-refractivity contribution in [2.24, 2.45) is 0 Å². The fourth-order valence-corrected chi connectivity index (χ4v) is 6.90. The number of amides is 2. The van der Waals surface area contributed by atoms with E-state index < -0.39 is 0 Å². The summed E-state index contributed by atoms with van der Waals surface area (Å²) in [6.45, 7) is 14.9. The number of hydrogen-bond acceptors (Lipinski definition) is 3. The van der Waals surface area contributed by atoms with Crippen LogP contribution in [0.5, 0.6) is 0 Å². The Bertz CT molecular complexity index is 1680. The smallest absolute Gasteiger partial charge is 0.255 e. The Kier molecular flexibility index (Phi) is 8.93. The predicted octanol–water partition coefficient (Wildman–Crippen LogP) is 9.55. The Morgan fingerprint density at radius 1 is 0.622 bits per heavy atom. The van der Waals surface area contributed by atoms with Gasteiger partial charge in [-0.15, -0.1) is 0 Å². The van der Waals surface area contributed by atoms with Crippen LogP contribution in [0.2, 0.25) is 0 Å². The third-order valence-electron chi connectivity index (χ3n) is 9.54. The zero-order chi connectivity index (χ0) is 32.5. The summed E-state index contributed by atoms with van der Waals surface area (Å²) in [5.41, 5.74) is 17.3. The first kappa shape index (κ1) is 32.0. The van der Waals surface area contributed by atoms with Gasteiger partial charge in [0.25, 0.3) is 11.8 Å². The number of aryl methyl sites for hydroxylation is 4. The van der Waals surface area contributed by atoms with Crippen LogP contribution >= 0.6 is 0 Å². The van der Waals surface area contributed by atoms with Gasteiger partial charge in [0.2, 0.25) is 0 Å².